The summed E-state index contributed by atoms with van der Waals surface area (Å²) < 4.78 is 0. The van der Waals surface area contributed by atoms with Gasteiger partial charge in [-0.25, -0.2) is 0 Å². The zero-order valence-corrected chi connectivity index (χ0v) is 47.5. The minimum Gasteiger partial charge on any atom is -0.311 e. The molecular weight excluding hydrogens is 880 g/mol. The van der Waals surface area contributed by atoms with Crippen LogP contribution in [-0.4, -0.2) is 6.71 Å². The molecule has 3 heteroatoms. The average molecular weight is 961 g/mol. The lowest BCUT2D eigenvalue weighted by Gasteiger charge is -2.49. The van der Waals surface area contributed by atoms with Crippen LogP contribution in [0.3, 0.4) is 0 Å². The normalized spacial score (nSPS) is 18.1. The van der Waals surface area contributed by atoms with Crippen LogP contribution in [0.1, 0.15) is 187 Å². The molecule has 0 unspecified atom stereocenters. The molecule has 0 spiro atoms. The third kappa shape index (κ3) is 7.87. The van der Waals surface area contributed by atoms with Gasteiger partial charge in [-0.1, -0.05) is 202 Å². The fourth-order valence-corrected chi connectivity index (χ4v) is 13.4. The molecule has 2 aliphatic heterocycles. The third-order valence-electron chi connectivity index (χ3n) is 18.7. The first-order valence-electron chi connectivity index (χ1n) is 27.6. The molecule has 0 aromatic heterocycles. The molecule has 7 aromatic rings. The van der Waals surface area contributed by atoms with Gasteiger partial charge in [0, 0.05) is 39.4 Å². The molecule has 0 N–H and O–H groups in total. The van der Waals surface area contributed by atoms with E-state index in [-0.39, 0.29) is 44.6 Å². The maximum absolute atomic E-state index is 2.74. The third-order valence-corrected chi connectivity index (χ3v) is 18.7. The van der Waals surface area contributed by atoms with Crippen LogP contribution in [0, 0.1) is 6.92 Å². The second-order valence-electron chi connectivity index (χ2n) is 28.1. The summed E-state index contributed by atoms with van der Waals surface area (Å²) in [6, 6.07) is 53.1. The summed E-state index contributed by atoms with van der Waals surface area (Å²) in [6.45, 7) is 41.3. The van der Waals surface area contributed by atoms with Gasteiger partial charge in [0.2, 0.25) is 0 Å². The number of fused-ring (bicyclic) bond motifs is 6. The van der Waals surface area contributed by atoms with Crippen molar-refractivity contribution in [3.8, 4) is 11.1 Å². The zero-order chi connectivity index (χ0) is 52.2. The highest BCUT2D eigenvalue weighted by atomic mass is 15.2. The lowest BCUT2D eigenvalue weighted by Crippen LogP contribution is -2.62. The van der Waals surface area contributed by atoms with Gasteiger partial charge in [-0.2, -0.15) is 0 Å². The van der Waals surface area contributed by atoms with E-state index in [2.05, 4.69) is 261 Å². The minimum absolute atomic E-state index is 0.0169. The van der Waals surface area contributed by atoms with E-state index in [1.165, 1.54) is 125 Å². The highest BCUT2D eigenvalue weighted by Gasteiger charge is 2.48. The van der Waals surface area contributed by atoms with Crippen LogP contribution in [0.5, 0.6) is 0 Å². The first kappa shape index (κ1) is 49.4. The van der Waals surface area contributed by atoms with Gasteiger partial charge >= 0.3 is 0 Å². The average Bonchev–Trinajstić information content (AvgIpc) is 3.33. The van der Waals surface area contributed by atoms with Crippen molar-refractivity contribution >= 4 is 57.2 Å². The summed E-state index contributed by atoms with van der Waals surface area (Å²) >= 11 is 0. The van der Waals surface area contributed by atoms with Crippen molar-refractivity contribution in [2.24, 2.45) is 0 Å². The number of hydrogen-bond donors (Lipinski definition) is 0. The van der Waals surface area contributed by atoms with Crippen molar-refractivity contribution in [3.05, 3.63) is 184 Å². The second kappa shape index (κ2) is 16.4. The van der Waals surface area contributed by atoms with Gasteiger partial charge in [0.15, 0.2) is 0 Å². The van der Waals surface area contributed by atoms with E-state index in [4.69, 9.17) is 0 Å². The smallest absolute Gasteiger partial charge is 0.252 e. The van der Waals surface area contributed by atoms with Crippen LogP contribution in [0.15, 0.2) is 133 Å². The molecule has 0 amide bonds. The molecule has 0 saturated heterocycles. The highest BCUT2D eigenvalue weighted by molar-refractivity contribution is 7.00. The Labute approximate surface area is 440 Å². The Morgan fingerprint density at radius 2 is 0.836 bits per heavy atom. The van der Waals surface area contributed by atoms with Crippen LogP contribution in [0.2, 0.25) is 0 Å². The standard InChI is InChI=1S/C70H81BN2/c1-44-36-51-53(68(12,13)34-32-66(51,8)9)42-59(44)73-58-31-29-48(70(16,17)46-26-22-19-23-27-46)38-55(58)71-56-41-52-54(69(14,15)35-33-67(52,10)11)43-60(56)72(61-39-49(65(5,6)7)40-62(73)63(61)71)57-30-28-47(64(2,3)4)37-50(57)45-24-20-18-21-25-45/h18-31,36-43H,32-35H2,1-17H3. The maximum atomic E-state index is 2.74. The van der Waals surface area contributed by atoms with Crippen LogP contribution in [0.4, 0.5) is 34.1 Å². The lowest BCUT2D eigenvalue weighted by atomic mass is 9.32. The predicted molar refractivity (Wildman–Crippen MR) is 317 cm³/mol. The molecule has 7 aromatic carbocycles. The molecular formula is C70H81BN2. The Morgan fingerprint density at radius 1 is 0.384 bits per heavy atom. The molecule has 2 heterocycles. The monoisotopic (exact) mass is 961 g/mol. The Hall–Kier alpha value is -5.80. The molecule has 0 radical (unpaired) electrons. The van der Waals surface area contributed by atoms with Crippen molar-refractivity contribution in [1.29, 1.82) is 0 Å². The zero-order valence-electron chi connectivity index (χ0n) is 47.5. The molecule has 11 rings (SSSR count). The molecule has 0 bridgehead atoms. The van der Waals surface area contributed by atoms with E-state index in [1.807, 2.05) is 0 Å². The Bertz CT molecular complexity index is 3350. The number of rotatable bonds is 5. The molecule has 0 saturated carbocycles. The van der Waals surface area contributed by atoms with Gasteiger partial charge in [0.05, 0.1) is 5.69 Å². The largest absolute Gasteiger partial charge is 0.311 e. The first-order chi connectivity index (χ1) is 34.1. The van der Waals surface area contributed by atoms with Crippen molar-refractivity contribution in [2.45, 2.75) is 181 Å². The molecule has 2 nitrogen and oxygen atoms in total. The molecule has 0 fully saturated rings. The summed E-state index contributed by atoms with van der Waals surface area (Å²) in [5.41, 5.74) is 26.8. The fourth-order valence-electron chi connectivity index (χ4n) is 13.4. The second-order valence-corrected chi connectivity index (χ2v) is 28.1. The van der Waals surface area contributed by atoms with E-state index < -0.39 is 0 Å². The van der Waals surface area contributed by atoms with Gasteiger partial charge < -0.3 is 9.80 Å². The number of anilines is 6. The van der Waals surface area contributed by atoms with Gasteiger partial charge in [-0.15, -0.1) is 0 Å². The summed E-state index contributed by atoms with van der Waals surface area (Å²) in [7, 11) is 0. The number of benzene rings is 7. The van der Waals surface area contributed by atoms with E-state index in [9.17, 15) is 0 Å². The van der Waals surface area contributed by atoms with Gasteiger partial charge in [0.1, 0.15) is 0 Å². The van der Waals surface area contributed by atoms with Crippen LogP contribution in [-0.2, 0) is 37.9 Å². The Morgan fingerprint density at radius 3 is 1.38 bits per heavy atom. The number of hydrogen-bond acceptors (Lipinski definition) is 2. The Balaban J connectivity index is 1.31. The lowest BCUT2D eigenvalue weighted by molar-refractivity contribution is 0.332. The molecule has 374 valence electrons. The summed E-state index contributed by atoms with van der Waals surface area (Å²) in [6.07, 6.45) is 4.68. The van der Waals surface area contributed by atoms with E-state index >= 15 is 0 Å². The highest BCUT2D eigenvalue weighted by Crippen LogP contribution is 2.55. The van der Waals surface area contributed by atoms with E-state index in [0.717, 1.165) is 12.8 Å². The summed E-state index contributed by atoms with van der Waals surface area (Å²) in [4.78, 5) is 5.46. The van der Waals surface area contributed by atoms with Crippen LogP contribution >= 0.6 is 0 Å². The van der Waals surface area contributed by atoms with Crippen molar-refractivity contribution in [1.82, 2.24) is 0 Å². The Kier molecular flexibility index (Phi) is 11.1. The van der Waals surface area contributed by atoms with Crippen molar-refractivity contribution in [2.75, 3.05) is 9.80 Å². The molecule has 2 aliphatic carbocycles. The van der Waals surface area contributed by atoms with Crippen LogP contribution in [0.25, 0.3) is 11.1 Å². The SMILES string of the molecule is Cc1cc2c(cc1N1c3ccc(C(C)(C)c4ccccc4)cc3B3c4cc5c(cc4N(c4ccc(C(C)(C)C)cc4-c4ccccc4)c4cc(C(C)(C)C)cc1c43)C(C)(C)CCC5(C)C)C(C)(C)CCC2(C)C. The molecule has 4 aliphatic rings. The van der Waals surface area contributed by atoms with E-state index in [0.29, 0.717) is 0 Å². The van der Waals surface area contributed by atoms with Gasteiger partial charge in [-0.3, -0.25) is 0 Å². The minimum atomic E-state index is -0.234. The number of aryl methyl sites for hydroxylation is 1. The van der Waals surface area contributed by atoms with Crippen molar-refractivity contribution in [3.63, 3.8) is 0 Å². The summed E-state index contributed by atoms with van der Waals surface area (Å²) in [5.74, 6) is 0. The predicted octanol–water partition coefficient (Wildman–Crippen LogP) is 17.4. The fraction of sp³-hybridized carbons (Fsp3) is 0.400. The van der Waals surface area contributed by atoms with Gasteiger partial charge in [-0.05, 0) is 180 Å². The maximum Gasteiger partial charge on any atom is 0.252 e. The van der Waals surface area contributed by atoms with Gasteiger partial charge in [0.25, 0.3) is 6.71 Å². The molecule has 73 heavy (non-hydrogen) atoms. The summed E-state index contributed by atoms with van der Waals surface area (Å²) in [5, 5.41) is 0. The van der Waals surface area contributed by atoms with Crippen LogP contribution < -0.4 is 26.2 Å². The molecule has 0 atom stereocenters. The number of nitrogens with zero attached hydrogens (tertiary/aromatic N) is 2. The van der Waals surface area contributed by atoms with Crippen molar-refractivity contribution < 1.29 is 0 Å². The van der Waals surface area contributed by atoms with E-state index in [1.54, 1.807) is 0 Å². The first-order valence-corrected chi connectivity index (χ1v) is 27.6. The topological polar surface area (TPSA) is 6.48 Å². The quantitative estimate of drug-likeness (QED) is 0.159.